The van der Waals surface area contributed by atoms with E-state index in [1.807, 2.05) is 42.5 Å². The molecule has 2 aromatic heterocycles. The normalized spacial score (nSPS) is 11.5. The summed E-state index contributed by atoms with van der Waals surface area (Å²) in [5.41, 5.74) is 3.56. The summed E-state index contributed by atoms with van der Waals surface area (Å²) in [5, 5.41) is 13.7. The highest BCUT2D eigenvalue weighted by Gasteiger charge is 2.16. The number of pyridine rings is 1. The summed E-state index contributed by atoms with van der Waals surface area (Å²) < 4.78 is 13.8. The molecule has 0 saturated carbocycles. The Hall–Kier alpha value is -3.74. The number of nitrogens with one attached hydrogen (secondary N) is 3. The quantitative estimate of drug-likeness (QED) is 0.399. The fraction of sp³-hybridized carbons (Fsp3) is 0.174. The smallest absolute Gasteiger partial charge is 0.259 e. The molecule has 6 nitrogen and oxygen atoms in total. The first kappa shape index (κ1) is 19.6. The third kappa shape index (κ3) is 4.15. The minimum Gasteiger partial charge on any atom is -0.339 e. The van der Waals surface area contributed by atoms with Crippen molar-refractivity contribution in [3.63, 3.8) is 0 Å². The molecule has 0 saturated heterocycles. The first-order valence-electron chi connectivity index (χ1n) is 9.58. The number of hydrogen-bond acceptors (Lipinski definition) is 4. The summed E-state index contributed by atoms with van der Waals surface area (Å²) in [4.78, 5) is 16.7. The monoisotopic (exact) mass is 403 g/mol. The standard InChI is InChI=1S/C23H22FN5O/c1-23(2,3)15-5-8-16(9-6-15)27-22(30)18-10-11-20(24)28-21(18)26-17-7-4-14-13-25-29-19(14)12-17/h4-13H,1-3H3,(H,25,29)(H,26,28)(H,27,30). The summed E-state index contributed by atoms with van der Waals surface area (Å²) in [6.07, 6.45) is 1.71. The maximum atomic E-state index is 13.8. The molecular weight excluding hydrogens is 381 g/mol. The van der Waals surface area contributed by atoms with E-state index in [0.29, 0.717) is 11.4 Å². The van der Waals surface area contributed by atoms with Crippen LogP contribution in [0.4, 0.5) is 21.6 Å². The Morgan fingerprint density at radius 2 is 1.73 bits per heavy atom. The lowest BCUT2D eigenvalue weighted by Gasteiger charge is -2.19. The van der Waals surface area contributed by atoms with Crippen LogP contribution in [0.3, 0.4) is 0 Å². The number of aromatic amines is 1. The molecule has 2 aromatic carbocycles. The molecule has 30 heavy (non-hydrogen) atoms. The molecule has 2 heterocycles. The van der Waals surface area contributed by atoms with Gasteiger partial charge in [0.25, 0.3) is 5.91 Å². The second-order valence-corrected chi connectivity index (χ2v) is 8.11. The van der Waals surface area contributed by atoms with Crippen molar-refractivity contribution in [2.45, 2.75) is 26.2 Å². The Bertz CT molecular complexity index is 1210. The Kier molecular flexibility index (Phi) is 4.95. The molecule has 0 bridgehead atoms. The Labute approximate surface area is 173 Å². The van der Waals surface area contributed by atoms with Gasteiger partial charge >= 0.3 is 0 Å². The van der Waals surface area contributed by atoms with Crippen molar-refractivity contribution in [3.8, 4) is 0 Å². The number of aromatic nitrogens is 3. The van der Waals surface area contributed by atoms with Crippen molar-refractivity contribution < 1.29 is 9.18 Å². The molecule has 0 atom stereocenters. The van der Waals surface area contributed by atoms with Gasteiger partial charge < -0.3 is 10.6 Å². The van der Waals surface area contributed by atoms with E-state index in [1.165, 1.54) is 17.7 Å². The predicted octanol–water partition coefficient (Wildman–Crippen LogP) is 5.39. The number of anilines is 3. The molecule has 4 rings (SSSR count). The van der Waals surface area contributed by atoms with Crippen LogP contribution in [0.15, 0.2) is 60.8 Å². The maximum Gasteiger partial charge on any atom is 0.259 e. The summed E-state index contributed by atoms with van der Waals surface area (Å²) >= 11 is 0. The molecule has 0 fully saturated rings. The highest BCUT2D eigenvalue weighted by Crippen LogP contribution is 2.25. The van der Waals surface area contributed by atoms with Gasteiger partial charge in [-0.25, -0.2) is 4.98 Å². The van der Waals surface area contributed by atoms with Crippen molar-refractivity contribution >= 4 is 34.0 Å². The van der Waals surface area contributed by atoms with E-state index in [9.17, 15) is 9.18 Å². The van der Waals surface area contributed by atoms with Gasteiger partial charge in [0.15, 0.2) is 0 Å². The van der Waals surface area contributed by atoms with Gasteiger partial charge in [-0.15, -0.1) is 0 Å². The van der Waals surface area contributed by atoms with Gasteiger partial charge in [0.05, 0.1) is 17.3 Å². The second-order valence-electron chi connectivity index (χ2n) is 8.11. The molecule has 1 amide bonds. The third-order valence-corrected chi connectivity index (χ3v) is 4.82. The largest absolute Gasteiger partial charge is 0.339 e. The summed E-state index contributed by atoms with van der Waals surface area (Å²) in [7, 11) is 0. The lowest BCUT2D eigenvalue weighted by molar-refractivity contribution is 0.102. The van der Waals surface area contributed by atoms with E-state index in [2.05, 4.69) is 46.6 Å². The number of fused-ring (bicyclic) bond motifs is 1. The van der Waals surface area contributed by atoms with E-state index in [1.54, 1.807) is 6.20 Å². The molecule has 0 unspecified atom stereocenters. The molecule has 4 aromatic rings. The molecule has 3 N–H and O–H groups in total. The lowest BCUT2D eigenvalue weighted by Crippen LogP contribution is -2.16. The summed E-state index contributed by atoms with van der Waals surface area (Å²) in [6, 6.07) is 15.8. The number of rotatable bonds is 4. The Morgan fingerprint density at radius 3 is 2.47 bits per heavy atom. The predicted molar refractivity (Wildman–Crippen MR) is 117 cm³/mol. The third-order valence-electron chi connectivity index (χ3n) is 4.82. The van der Waals surface area contributed by atoms with Gasteiger partial charge in [0.2, 0.25) is 5.95 Å². The van der Waals surface area contributed by atoms with Crippen molar-refractivity contribution in [2.75, 3.05) is 10.6 Å². The number of carbonyl (C=O) groups excluding carboxylic acids is 1. The zero-order valence-corrected chi connectivity index (χ0v) is 17.0. The molecule has 7 heteroatoms. The van der Waals surface area contributed by atoms with Gasteiger partial charge in [0.1, 0.15) is 5.82 Å². The molecule has 0 spiro atoms. The van der Waals surface area contributed by atoms with Crippen LogP contribution in [0.2, 0.25) is 0 Å². The number of carbonyl (C=O) groups is 1. The fourth-order valence-corrected chi connectivity index (χ4v) is 3.12. The SMILES string of the molecule is CC(C)(C)c1ccc(NC(=O)c2ccc(F)nc2Nc2ccc3cn[nH]c3c2)cc1. The number of hydrogen-bond donors (Lipinski definition) is 3. The zero-order chi connectivity index (χ0) is 21.3. The van der Waals surface area contributed by atoms with Crippen LogP contribution in [0.1, 0.15) is 36.7 Å². The number of benzene rings is 2. The summed E-state index contributed by atoms with van der Waals surface area (Å²) in [5.74, 6) is -0.917. The van der Waals surface area contributed by atoms with Crippen molar-refractivity contribution in [3.05, 3.63) is 77.9 Å². The first-order chi connectivity index (χ1) is 14.3. The molecule has 152 valence electrons. The Balaban J connectivity index is 1.58. The van der Waals surface area contributed by atoms with Crippen molar-refractivity contribution in [2.24, 2.45) is 0 Å². The van der Waals surface area contributed by atoms with Gasteiger partial charge in [-0.2, -0.15) is 9.49 Å². The van der Waals surface area contributed by atoms with Crippen LogP contribution in [0.25, 0.3) is 10.9 Å². The molecule has 0 aliphatic carbocycles. The van der Waals surface area contributed by atoms with Gasteiger partial charge in [-0.1, -0.05) is 32.9 Å². The Morgan fingerprint density at radius 1 is 1.00 bits per heavy atom. The number of amides is 1. The van der Waals surface area contributed by atoms with Gasteiger partial charge in [0, 0.05) is 16.8 Å². The van der Waals surface area contributed by atoms with Crippen molar-refractivity contribution in [1.82, 2.24) is 15.2 Å². The highest BCUT2D eigenvalue weighted by molar-refractivity contribution is 6.07. The molecular formula is C23H22FN5O. The fourth-order valence-electron chi connectivity index (χ4n) is 3.12. The van der Waals surface area contributed by atoms with Crippen LogP contribution in [-0.2, 0) is 5.41 Å². The average molecular weight is 403 g/mol. The highest BCUT2D eigenvalue weighted by atomic mass is 19.1. The maximum absolute atomic E-state index is 13.8. The van der Waals surface area contributed by atoms with Crippen LogP contribution in [0.5, 0.6) is 0 Å². The second kappa shape index (κ2) is 7.59. The lowest BCUT2D eigenvalue weighted by atomic mass is 9.87. The summed E-state index contributed by atoms with van der Waals surface area (Å²) in [6.45, 7) is 6.38. The molecule has 0 aliphatic rings. The zero-order valence-electron chi connectivity index (χ0n) is 17.0. The van der Waals surface area contributed by atoms with Gasteiger partial charge in [-0.3, -0.25) is 9.89 Å². The average Bonchev–Trinajstić information content (AvgIpc) is 3.15. The van der Waals surface area contributed by atoms with Crippen molar-refractivity contribution in [1.29, 1.82) is 0 Å². The minimum atomic E-state index is -0.675. The van der Waals surface area contributed by atoms with Crippen LogP contribution in [0, 0.1) is 5.95 Å². The van der Waals surface area contributed by atoms with E-state index in [4.69, 9.17) is 0 Å². The number of H-pyrrole nitrogens is 1. The van der Waals surface area contributed by atoms with E-state index < -0.39 is 5.95 Å². The van der Waals surface area contributed by atoms with Crippen LogP contribution < -0.4 is 10.6 Å². The first-order valence-corrected chi connectivity index (χ1v) is 9.58. The number of halogens is 1. The number of nitrogens with zero attached hydrogens (tertiary/aromatic N) is 2. The van der Waals surface area contributed by atoms with E-state index in [-0.39, 0.29) is 22.7 Å². The van der Waals surface area contributed by atoms with Crippen LogP contribution >= 0.6 is 0 Å². The van der Waals surface area contributed by atoms with Gasteiger partial charge in [-0.05, 0) is 53.4 Å². The van der Waals surface area contributed by atoms with E-state index >= 15 is 0 Å². The minimum absolute atomic E-state index is 0.0241. The van der Waals surface area contributed by atoms with E-state index in [0.717, 1.165) is 10.9 Å². The van der Waals surface area contributed by atoms with Crippen LogP contribution in [-0.4, -0.2) is 21.1 Å². The topological polar surface area (TPSA) is 82.7 Å². The molecule has 0 aliphatic heterocycles. The molecule has 0 radical (unpaired) electrons.